The Kier molecular flexibility index (Phi) is 5.73. The first kappa shape index (κ1) is 20.6. The number of amides is 1. The van der Waals surface area contributed by atoms with E-state index in [0.717, 1.165) is 0 Å². The molecule has 0 saturated carbocycles. The number of aromatic nitrogens is 2. The average molecular weight is 418 g/mol. The van der Waals surface area contributed by atoms with Crippen molar-refractivity contribution in [2.45, 2.75) is 25.8 Å². The minimum atomic E-state index is -0.560. The second-order valence-electron chi connectivity index (χ2n) is 6.48. The van der Waals surface area contributed by atoms with Crippen molar-refractivity contribution in [3.8, 4) is 17.4 Å². The van der Waals surface area contributed by atoms with Gasteiger partial charge in [0.15, 0.2) is 4.77 Å². The molecule has 1 aliphatic rings. The third-order valence-corrected chi connectivity index (χ3v) is 5.23. The molecule has 1 aromatic carbocycles. The van der Waals surface area contributed by atoms with E-state index in [-0.39, 0.29) is 35.0 Å². The molecule has 0 fully saturated rings. The summed E-state index contributed by atoms with van der Waals surface area (Å²) in [6.07, 6.45) is 0.453. The summed E-state index contributed by atoms with van der Waals surface area (Å²) in [4.78, 5) is 27.6. The van der Waals surface area contributed by atoms with Gasteiger partial charge in [-0.15, -0.1) is 0 Å². The van der Waals surface area contributed by atoms with Gasteiger partial charge in [-0.3, -0.25) is 19.1 Å². The Morgan fingerprint density at radius 1 is 1.38 bits per heavy atom. The van der Waals surface area contributed by atoms with Gasteiger partial charge in [-0.05, 0) is 24.4 Å². The second kappa shape index (κ2) is 8.08. The molecule has 2 N–H and O–H groups in total. The molecule has 2 heterocycles. The molecular formula is C19H22N4O5S. The van der Waals surface area contributed by atoms with Crippen molar-refractivity contribution in [2.24, 2.45) is 12.1 Å². The van der Waals surface area contributed by atoms with Crippen LogP contribution in [0.2, 0.25) is 0 Å². The number of ether oxygens (including phenoxy) is 2. The number of carbonyl (C=O) groups is 1. The van der Waals surface area contributed by atoms with Gasteiger partial charge in [0.05, 0.1) is 26.0 Å². The Hall–Kier alpha value is -3.14. The zero-order chi connectivity index (χ0) is 21.3. The van der Waals surface area contributed by atoms with Crippen LogP contribution in [0.4, 0.5) is 0 Å². The SMILES string of the molecule is CCC(=O)N1N=C(c2c(O)n(C)c(=S)[nH]c2=O)CC1c1ccc(OC)cc1OC. The number of hydrazone groups is 1. The van der Waals surface area contributed by atoms with Gasteiger partial charge in [-0.2, -0.15) is 5.10 Å². The molecule has 1 aliphatic heterocycles. The lowest BCUT2D eigenvalue weighted by atomic mass is 9.98. The van der Waals surface area contributed by atoms with Gasteiger partial charge in [0.25, 0.3) is 5.56 Å². The zero-order valence-electron chi connectivity index (χ0n) is 16.6. The Morgan fingerprint density at radius 3 is 2.72 bits per heavy atom. The quantitative estimate of drug-likeness (QED) is 0.721. The normalized spacial score (nSPS) is 15.9. The third-order valence-electron chi connectivity index (χ3n) is 4.85. The van der Waals surface area contributed by atoms with E-state index in [9.17, 15) is 14.7 Å². The van der Waals surface area contributed by atoms with Crippen LogP contribution in [-0.4, -0.2) is 45.5 Å². The average Bonchev–Trinajstić information content (AvgIpc) is 3.15. The summed E-state index contributed by atoms with van der Waals surface area (Å²) in [6, 6.07) is 4.79. The number of hydrogen-bond donors (Lipinski definition) is 2. The number of benzene rings is 1. The molecule has 154 valence electrons. The lowest BCUT2D eigenvalue weighted by Crippen LogP contribution is -2.26. The number of aromatic amines is 1. The van der Waals surface area contributed by atoms with E-state index >= 15 is 0 Å². The Labute approximate surface area is 172 Å². The molecule has 10 heteroatoms. The highest BCUT2D eigenvalue weighted by Crippen LogP contribution is 2.39. The number of rotatable bonds is 5. The van der Waals surface area contributed by atoms with E-state index in [0.29, 0.717) is 22.8 Å². The highest BCUT2D eigenvalue weighted by atomic mass is 32.1. The molecule has 1 amide bonds. The smallest absolute Gasteiger partial charge is 0.264 e. The van der Waals surface area contributed by atoms with Crippen LogP contribution in [0.1, 0.15) is 36.9 Å². The lowest BCUT2D eigenvalue weighted by molar-refractivity contribution is -0.132. The van der Waals surface area contributed by atoms with E-state index < -0.39 is 11.6 Å². The highest BCUT2D eigenvalue weighted by molar-refractivity contribution is 7.71. The van der Waals surface area contributed by atoms with E-state index in [1.165, 1.54) is 23.7 Å². The van der Waals surface area contributed by atoms with Crippen LogP contribution in [0.3, 0.4) is 0 Å². The van der Waals surface area contributed by atoms with Crippen molar-refractivity contribution in [2.75, 3.05) is 14.2 Å². The topological polar surface area (TPSA) is 109 Å². The summed E-state index contributed by atoms with van der Waals surface area (Å²) in [5.41, 5.74) is 0.439. The number of carbonyl (C=O) groups excluding carboxylic acids is 1. The molecule has 0 saturated heterocycles. The van der Waals surface area contributed by atoms with Crippen molar-refractivity contribution in [1.29, 1.82) is 0 Å². The van der Waals surface area contributed by atoms with E-state index in [2.05, 4.69) is 10.1 Å². The van der Waals surface area contributed by atoms with Gasteiger partial charge in [-0.25, -0.2) is 5.01 Å². The van der Waals surface area contributed by atoms with Crippen LogP contribution in [-0.2, 0) is 11.8 Å². The number of methoxy groups -OCH3 is 2. The molecule has 0 radical (unpaired) electrons. The second-order valence-corrected chi connectivity index (χ2v) is 6.87. The Bertz CT molecular complexity index is 1100. The van der Waals surface area contributed by atoms with Crippen LogP contribution < -0.4 is 15.0 Å². The van der Waals surface area contributed by atoms with Crippen LogP contribution >= 0.6 is 12.2 Å². The molecule has 3 rings (SSSR count). The monoisotopic (exact) mass is 418 g/mol. The molecule has 1 unspecified atom stereocenters. The van der Waals surface area contributed by atoms with Crippen molar-refractivity contribution < 1.29 is 19.4 Å². The van der Waals surface area contributed by atoms with E-state index in [1.54, 1.807) is 32.2 Å². The fourth-order valence-corrected chi connectivity index (χ4v) is 3.44. The van der Waals surface area contributed by atoms with Crippen LogP contribution in [0.25, 0.3) is 0 Å². The lowest BCUT2D eigenvalue weighted by Gasteiger charge is -2.23. The molecule has 0 aliphatic carbocycles. The van der Waals surface area contributed by atoms with Crippen molar-refractivity contribution in [3.05, 3.63) is 44.5 Å². The number of aromatic hydroxyl groups is 1. The predicted octanol–water partition coefficient (Wildman–Crippen LogP) is 2.25. The fraction of sp³-hybridized carbons (Fsp3) is 0.368. The van der Waals surface area contributed by atoms with Gasteiger partial charge in [0.2, 0.25) is 11.8 Å². The Balaban J connectivity index is 2.12. The highest BCUT2D eigenvalue weighted by Gasteiger charge is 2.36. The van der Waals surface area contributed by atoms with E-state index in [4.69, 9.17) is 21.7 Å². The van der Waals surface area contributed by atoms with Crippen LogP contribution in [0.5, 0.6) is 17.4 Å². The van der Waals surface area contributed by atoms with Crippen molar-refractivity contribution in [1.82, 2.24) is 14.6 Å². The third kappa shape index (κ3) is 3.63. The minimum Gasteiger partial charge on any atom is -0.497 e. The summed E-state index contributed by atoms with van der Waals surface area (Å²) in [5, 5.41) is 16.2. The summed E-state index contributed by atoms with van der Waals surface area (Å²) in [5.74, 6) is 0.622. The van der Waals surface area contributed by atoms with Gasteiger partial charge in [0.1, 0.15) is 17.1 Å². The van der Waals surface area contributed by atoms with Crippen molar-refractivity contribution >= 4 is 23.8 Å². The Morgan fingerprint density at radius 2 is 2.10 bits per heavy atom. The molecule has 2 aromatic rings. The summed E-state index contributed by atoms with van der Waals surface area (Å²) in [6.45, 7) is 1.73. The maximum absolute atomic E-state index is 12.6. The van der Waals surface area contributed by atoms with Gasteiger partial charge >= 0.3 is 0 Å². The zero-order valence-corrected chi connectivity index (χ0v) is 17.4. The molecule has 9 nitrogen and oxygen atoms in total. The maximum atomic E-state index is 12.6. The fourth-order valence-electron chi connectivity index (χ4n) is 3.26. The largest absolute Gasteiger partial charge is 0.497 e. The van der Waals surface area contributed by atoms with Crippen LogP contribution in [0, 0.1) is 4.77 Å². The summed E-state index contributed by atoms with van der Waals surface area (Å²) >= 11 is 5.02. The number of nitrogens with one attached hydrogen (secondary N) is 1. The summed E-state index contributed by atoms with van der Waals surface area (Å²) in [7, 11) is 4.61. The summed E-state index contributed by atoms with van der Waals surface area (Å²) < 4.78 is 12.1. The first-order chi connectivity index (χ1) is 13.8. The van der Waals surface area contributed by atoms with Gasteiger partial charge in [-0.1, -0.05) is 6.92 Å². The van der Waals surface area contributed by atoms with Gasteiger partial charge < -0.3 is 14.6 Å². The number of H-pyrrole nitrogens is 1. The number of nitrogens with zero attached hydrogens (tertiary/aromatic N) is 3. The van der Waals surface area contributed by atoms with Gasteiger partial charge in [0, 0.05) is 31.5 Å². The molecule has 29 heavy (non-hydrogen) atoms. The maximum Gasteiger partial charge on any atom is 0.264 e. The predicted molar refractivity (Wildman–Crippen MR) is 109 cm³/mol. The van der Waals surface area contributed by atoms with Crippen molar-refractivity contribution in [3.63, 3.8) is 0 Å². The minimum absolute atomic E-state index is 0.00928. The molecule has 1 aromatic heterocycles. The molecular weight excluding hydrogens is 396 g/mol. The molecule has 1 atom stereocenters. The van der Waals surface area contributed by atoms with Crippen LogP contribution in [0.15, 0.2) is 28.1 Å². The number of hydrogen-bond acceptors (Lipinski definition) is 7. The van der Waals surface area contributed by atoms with E-state index in [1.807, 2.05) is 0 Å². The first-order valence-electron chi connectivity index (χ1n) is 8.96. The standard InChI is InChI=1S/C19H22N4O5S/c1-5-15(24)23-13(11-7-6-10(27-3)8-14(11)28-4)9-12(21-23)16-17(25)20-19(29)22(2)18(16)26/h6-8,13,26H,5,9H2,1-4H3,(H,20,25,29). The molecule has 0 bridgehead atoms. The first-order valence-corrected chi connectivity index (χ1v) is 9.37. The molecule has 0 spiro atoms.